The second-order valence-corrected chi connectivity index (χ2v) is 9.27. The van der Waals surface area contributed by atoms with Gasteiger partial charge in [0.15, 0.2) is 0 Å². The molecule has 0 bridgehead atoms. The molecule has 0 N–H and O–H groups in total. The van der Waals surface area contributed by atoms with E-state index in [2.05, 4.69) is 10.1 Å². The molecule has 1 aliphatic carbocycles. The molecule has 26 heavy (non-hydrogen) atoms. The SMILES string of the molecule is Cc1nn(C2CCCC2)cc1S(=O)(=O)N1CCCCC1c1cccnc1. The smallest absolute Gasteiger partial charge is 0.247 e. The van der Waals surface area contributed by atoms with Crippen LogP contribution in [0.1, 0.15) is 68.3 Å². The number of piperidine rings is 1. The van der Waals surface area contributed by atoms with Gasteiger partial charge in [-0.05, 0) is 44.2 Å². The third kappa shape index (κ3) is 3.18. The van der Waals surface area contributed by atoms with Crippen LogP contribution in [0.15, 0.2) is 35.6 Å². The van der Waals surface area contributed by atoms with Gasteiger partial charge in [0.05, 0.1) is 17.8 Å². The summed E-state index contributed by atoms with van der Waals surface area (Å²) < 4.78 is 30.5. The van der Waals surface area contributed by atoms with E-state index in [9.17, 15) is 8.42 Å². The summed E-state index contributed by atoms with van der Waals surface area (Å²) in [4.78, 5) is 4.55. The average Bonchev–Trinajstić information content (AvgIpc) is 3.32. The first-order valence-corrected chi connectivity index (χ1v) is 11.0. The Kier molecular flexibility index (Phi) is 4.84. The first-order valence-electron chi connectivity index (χ1n) is 9.55. The van der Waals surface area contributed by atoms with Crippen molar-refractivity contribution in [1.82, 2.24) is 19.1 Å². The van der Waals surface area contributed by atoms with Gasteiger partial charge >= 0.3 is 0 Å². The van der Waals surface area contributed by atoms with Crippen LogP contribution >= 0.6 is 0 Å². The molecule has 1 saturated heterocycles. The van der Waals surface area contributed by atoms with E-state index in [-0.39, 0.29) is 6.04 Å². The van der Waals surface area contributed by atoms with Crippen LogP contribution < -0.4 is 0 Å². The van der Waals surface area contributed by atoms with Gasteiger partial charge in [-0.1, -0.05) is 25.3 Å². The van der Waals surface area contributed by atoms with E-state index in [0.717, 1.165) is 37.7 Å². The Bertz CT molecular complexity index is 857. The van der Waals surface area contributed by atoms with Crippen LogP contribution in [0, 0.1) is 6.92 Å². The molecule has 6 nitrogen and oxygen atoms in total. The number of pyridine rings is 1. The molecule has 1 saturated carbocycles. The van der Waals surface area contributed by atoms with Crippen molar-refractivity contribution in [1.29, 1.82) is 0 Å². The third-order valence-electron chi connectivity index (χ3n) is 5.68. The van der Waals surface area contributed by atoms with Gasteiger partial charge in [0.2, 0.25) is 10.0 Å². The van der Waals surface area contributed by atoms with Gasteiger partial charge in [-0.2, -0.15) is 9.40 Å². The van der Waals surface area contributed by atoms with Crippen LogP contribution in [-0.4, -0.2) is 34.0 Å². The molecule has 2 aromatic rings. The minimum absolute atomic E-state index is 0.142. The zero-order valence-corrected chi connectivity index (χ0v) is 16.0. The Morgan fingerprint density at radius 2 is 1.88 bits per heavy atom. The van der Waals surface area contributed by atoms with Crippen LogP contribution in [0.4, 0.5) is 0 Å². The number of sulfonamides is 1. The van der Waals surface area contributed by atoms with E-state index in [4.69, 9.17) is 0 Å². The lowest BCUT2D eigenvalue weighted by Crippen LogP contribution is -2.38. The predicted octanol–water partition coefficient (Wildman–Crippen LogP) is 3.62. The number of rotatable bonds is 4. The minimum Gasteiger partial charge on any atom is -0.268 e. The standard InChI is InChI=1S/C19H26N4O2S/c1-15-19(14-22(21-15)17-8-2-3-9-17)26(24,25)23-12-5-4-10-18(23)16-7-6-11-20-13-16/h6-7,11,13-14,17-18H,2-5,8-10,12H2,1H3. The van der Waals surface area contributed by atoms with Crippen LogP contribution in [0.5, 0.6) is 0 Å². The molecule has 4 rings (SSSR count). The van der Waals surface area contributed by atoms with Crippen molar-refractivity contribution in [2.75, 3.05) is 6.54 Å². The maximum Gasteiger partial charge on any atom is 0.247 e. The molecule has 3 heterocycles. The van der Waals surface area contributed by atoms with Crippen molar-refractivity contribution >= 4 is 10.0 Å². The Labute approximate surface area is 155 Å². The van der Waals surface area contributed by atoms with Gasteiger partial charge in [-0.3, -0.25) is 9.67 Å². The molecule has 2 aliphatic rings. The first-order chi connectivity index (χ1) is 12.6. The van der Waals surface area contributed by atoms with E-state index in [1.54, 1.807) is 29.8 Å². The molecule has 0 spiro atoms. The van der Waals surface area contributed by atoms with Gasteiger partial charge in [0.1, 0.15) is 4.90 Å². The van der Waals surface area contributed by atoms with Crippen LogP contribution in [0.2, 0.25) is 0 Å². The summed E-state index contributed by atoms with van der Waals surface area (Å²) in [6.07, 6.45) is 12.6. The highest BCUT2D eigenvalue weighted by molar-refractivity contribution is 7.89. The molecule has 0 radical (unpaired) electrons. The zero-order valence-electron chi connectivity index (χ0n) is 15.2. The third-order valence-corrected chi connectivity index (χ3v) is 7.69. The number of nitrogens with zero attached hydrogens (tertiary/aromatic N) is 4. The fourth-order valence-electron chi connectivity index (χ4n) is 4.30. The van der Waals surface area contributed by atoms with E-state index in [1.807, 2.05) is 16.8 Å². The van der Waals surface area contributed by atoms with Gasteiger partial charge in [0.25, 0.3) is 0 Å². The topological polar surface area (TPSA) is 68.1 Å². The molecule has 0 amide bonds. The van der Waals surface area contributed by atoms with Crippen molar-refractivity contribution in [3.63, 3.8) is 0 Å². The molecule has 1 aliphatic heterocycles. The summed E-state index contributed by atoms with van der Waals surface area (Å²) in [5, 5.41) is 4.55. The first kappa shape index (κ1) is 17.7. The van der Waals surface area contributed by atoms with Crippen molar-refractivity contribution in [2.45, 2.75) is 68.8 Å². The molecule has 2 fully saturated rings. The predicted molar refractivity (Wildman–Crippen MR) is 99.2 cm³/mol. The van der Waals surface area contributed by atoms with E-state index in [0.29, 0.717) is 23.2 Å². The van der Waals surface area contributed by atoms with Gasteiger partial charge < -0.3 is 0 Å². The van der Waals surface area contributed by atoms with E-state index in [1.165, 1.54) is 12.8 Å². The van der Waals surface area contributed by atoms with Crippen LogP contribution in [0.3, 0.4) is 0 Å². The molecular weight excluding hydrogens is 348 g/mol. The van der Waals surface area contributed by atoms with Crippen molar-refractivity contribution < 1.29 is 8.42 Å². The second-order valence-electron chi connectivity index (χ2n) is 7.41. The van der Waals surface area contributed by atoms with Gasteiger partial charge in [-0.15, -0.1) is 0 Å². The van der Waals surface area contributed by atoms with Gasteiger partial charge in [-0.25, -0.2) is 8.42 Å². The van der Waals surface area contributed by atoms with Crippen molar-refractivity contribution in [3.05, 3.63) is 42.0 Å². The molecule has 2 aromatic heterocycles. The zero-order chi connectivity index (χ0) is 18.1. The summed E-state index contributed by atoms with van der Waals surface area (Å²) in [6, 6.07) is 4.04. The summed E-state index contributed by atoms with van der Waals surface area (Å²) in [5.41, 5.74) is 1.57. The summed E-state index contributed by atoms with van der Waals surface area (Å²) in [7, 11) is -3.58. The Morgan fingerprint density at radius 3 is 2.62 bits per heavy atom. The number of aromatic nitrogens is 3. The fraction of sp³-hybridized carbons (Fsp3) is 0.579. The monoisotopic (exact) mass is 374 g/mol. The molecule has 0 aromatic carbocycles. The highest BCUT2D eigenvalue weighted by Crippen LogP contribution is 2.37. The highest BCUT2D eigenvalue weighted by atomic mass is 32.2. The summed E-state index contributed by atoms with van der Waals surface area (Å²) in [5.74, 6) is 0. The number of hydrogen-bond donors (Lipinski definition) is 0. The lowest BCUT2D eigenvalue weighted by Gasteiger charge is -2.34. The molecule has 7 heteroatoms. The number of aryl methyl sites for hydroxylation is 1. The Hall–Kier alpha value is -1.73. The van der Waals surface area contributed by atoms with Crippen LogP contribution in [-0.2, 0) is 10.0 Å². The molecule has 1 atom stereocenters. The van der Waals surface area contributed by atoms with Crippen LogP contribution in [0.25, 0.3) is 0 Å². The molecule has 1 unspecified atom stereocenters. The second kappa shape index (κ2) is 7.12. The molecule has 140 valence electrons. The van der Waals surface area contributed by atoms with Gasteiger partial charge in [0, 0.05) is 25.1 Å². The number of hydrogen-bond acceptors (Lipinski definition) is 4. The summed E-state index contributed by atoms with van der Waals surface area (Å²) in [6.45, 7) is 2.36. The normalized spacial score (nSPS) is 22.7. The highest BCUT2D eigenvalue weighted by Gasteiger charge is 2.36. The average molecular weight is 375 g/mol. The molecular formula is C19H26N4O2S. The van der Waals surface area contributed by atoms with E-state index < -0.39 is 10.0 Å². The fourth-order valence-corrected chi connectivity index (χ4v) is 6.14. The maximum atomic E-state index is 13.5. The van der Waals surface area contributed by atoms with E-state index >= 15 is 0 Å². The van der Waals surface area contributed by atoms with Crippen molar-refractivity contribution in [2.24, 2.45) is 0 Å². The lowest BCUT2D eigenvalue weighted by atomic mass is 9.99. The lowest BCUT2D eigenvalue weighted by molar-refractivity contribution is 0.255. The largest absolute Gasteiger partial charge is 0.268 e. The quantitative estimate of drug-likeness (QED) is 0.820. The maximum absolute atomic E-state index is 13.5. The minimum atomic E-state index is -3.58. The summed E-state index contributed by atoms with van der Waals surface area (Å²) >= 11 is 0. The Morgan fingerprint density at radius 1 is 1.12 bits per heavy atom. The van der Waals surface area contributed by atoms with Crippen molar-refractivity contribution in [3.8, 4) is 0 Å². The Balaban J connectivity index is 1.68.